The molecule has 0 bridgehead atoms. The zero-order valence-corrected chi connectivity index (χ0v) is 9.32. The Kier molecular flexibility index (Phi) is 3.25. The number of alkyl halides is 7. The molecule has 0 fully saturated rings. The van der Waals surface area contributed by atoms with Crippen LogP contribution in [-0.4, -0.2) is 29.6 Å². The first-order chi connectivity index (χ1) is 8.28. The van der Waals surface area contributed by atoms with Gasteiger partial charge in [0.05, 0.1) is 0 Å². The monoisotopic (exact) mass is 292 g/mol. The summed E-state index contributed by atoms with van der Waals surface area (Å²) in [6.45, 7) is 3.85. The van der Waals surface area contributed by atoms with Gasteiger partial charge in [-0.15, -0.1) is 0 Å². The van der Waals surface area contributed by atoms with Gasteiger partial charge in [0.15, 0.2) is 0 Å². The number of carbonyl (C=O) groups is 1. The Morgan fingerprint density at radius 1 is 1.00 bits per heavy atom. The van der Waals surface area contributed by atoms with E-state index < -0.39 is 47.3 Å². The fourth-order valence-electron chi connectivity index (χ4n) is 1.16. The zero-order chi connectivity index (χ0) is 15.3. The minimum Gasteiger partial charge on any atom is -0.415 e. The number of allylic oxidation sites excluding steroid dienone is 1. The van der Waals surface area contributed by atoms with Gasteiger partial charge in [0.25, 0.3) is 0 Å². The highest BCUT2D eigenvalue weighted by Gasteiger charge is 2.82. The molecule has 1 atom stereocenters. The average Bonchev–Trinajstić information content (AvgIpc) is 2.24. The Balaban J connectivity index is 3.30. The van der Waals surface area contributed by atoms with Gasteiger partial charge in [-0.1, -0.05) is 6.58 Å². The molecule has 0 amide bonds. The minimum atomic E-state index is -6.06. The lowest BCUT2D eigenvalue weighted by Crippen LogP contribution is -2.66. The molecular weight excluding hydrogens is 285 g/mol. The molecule has 0 saturated carbocycles. The maximum atomic E-state index is 13.7. The Morgan fingerprint density at radius 3 is 1.89 bits per heavy atom. The van der Waals surface area contributed by atoms with Gasteiger partial charge in [-0.25, -0.2) is 4.79 Å². The molecule has 0 saturated heterocycles. The van der Waals surface area contributed by atoms with Gasteiger partial charge in [-0.05, 0) is 13.0 Å². The average molecular weight is 292 g/mol. The SMILES string of the molecule is C=C(C)C(=O)OC1(F)C=CC(F)(F)C(F)(F)C1(F)F. The lowest BCUT2D eigenvalue weighted by atomic mass is 9.91. The summed E-state index contributed by atoms with van der Waals surface area (Å²) in [5.41, 5.74) is -0.568. The third kappa shape index (κ3) is 2.00. The standard InChI is InChI=1S/C10H7F7O2/c1-5(2)6(18)19-8(13)4-3-7(11,12)9(14,15)10(8,16)17/h3-4H,1H2,2H3. The zero-order valence-electron chi connectivity index (χ0n) is 9.32. The molecule has 0 aromatic carbocycles. The van der Waals surface area contributed by atoms with E-state index in [1.165, 1.54) is 0 Å². The second-order valence-electron chi connectivity index (χ2n) is 3.92. The van der Waals surface area contributed by atoms with Crippen LogP contribution >= 0.6 is 0 Å². The molecular formula is C10H7F7O2. The second-order valence-corrected chi connectivity index (χ2v) is 3.92. The number of ether oxygens (including phenoxy) is 1. The van der Waals surface area contributed by atoms with Crippen LogP contribution in [0.5, 0.6) is 0 Å². The van der Waals surface area contributed by atoms with Crippen molar-refractivity contribution in [3.8, 4) is 0 Å². The molecule has 108 valence electrons. The molecule has 2 nitrogen and oxygen atoms in total. The lowest BCUT2D eigenvalue weighted by molar-refractivity contribution is -0.368. The van der Waals surface area contributed by atoms with Crippen molar-refractivity contribution in [1.29, 1.82) is 0 Å². The van der Waals surface area contributed by atoms with Crippen LogP contribution in [0.2, 0.25) is 0 Å². The van der Waals surface area contributed by atoms with Gasteiger partial charge in [0.1, 0.15) is 0 Å². The predicted octanol–water partition coefficient (Wildman–Crippen LogP) is 3.25. The summed E-state index contributed by atoms with van der Waals surface area (Å²) in [7, 11) is 0. The van der Waals surface area contributed by atoms with E-state index in [0.717, 1.165) is 6.92 Å². The fraction of sp³-hybridized carbons (Fsp3) is 0.500. The van der Waals surface area contributed by atoms with Crippen LogP contribution in [-0.2, 0) is 9.53 Å². The van der Waals surface area contributed by atoms with Gasteiger partial charge in [0, 0.05) is 11.6 Å². The van der Waals surface area contributed by atoms with E-state index in [-0.39, 0.29) is 0 Å². The summed E-state index contributed by atoms with van der Waals surface area (Å²) in [5.74, 6) is -23.7. The Labute approximate surface area is 102 Å². The summed E-state index contributed by atoms with van der Waals surface area (Å²) in [6, 6.07) is 0. The number of esters is 1. The number of rotatable bonds is 2. The van der Waals surface area contributed by atoms with E-state index in [9.17, 15) is 35.5 Å². The maximum Gasteiger partial charge on any atom is 0.388 e. The summed E-state index contributed by atoms with van der Waals surface area (Å²) < 4.78 is 94.7. The fourth-order valence-corrected chi connectivity index (χ4v) is 1.16. The number of hydrogen-bond acceptors (Lipinski definition) is 2. The molecule has 0 aromatic heterocycles. The molecule has 0 N–H and O–H groups in total. The smallest absolute Gasteiger partial charge is 0.388 e. The first-order valence-corrected chi connectivity index (χ1v) is 4.70. The highest BCUT2D eigenvalue weighted by atomic mass is 19.3. The van der Waals surface area contributed by atoms with Crippen LogP contribution in [0.1, 0.15) is 6.92 Å². The van der Waals surface area contributed by atoms with Crippen molar-refractivity contribution in [2.24, 2.45) is 0 Å². The third-order valence-electron chi connectivity index (χ3n) is 2.34. The largest absolute Gasteiger partial charge is 0.415 e. The molecule has 1 aliphatic carbocycles. The van der Waals surface area contributed by atoms with E-state index in [1.54, 1.807) is 0 Å². The van der Waals surface area contributed by atoms with Crippen molar-refractivity contribution in [2.75, 3.05) is 0 Å². The van der Waals surface area contributed by atoms with E-state index >= 15 is 0 Å². The quantitative estimate of drug-likeness (QED) is 0.338. The normalized spacial score (nSPS) is 30.7. The van der Waals surface area contributed by atoms with Crippen molar-refractivity contribution in [1.82, 2.24) is 0 Å². The first-order valence-electron chi connectivity index (χ1n) is 4.70. The van der Waals surface area contributed by atoms with Crippen LogP contribution in [0.3, 0.4) is 0 Å². The topological polar surface area (TPSA) is 26.3 Å². The van der Waals surface area contributed by atoms with E-state index in [2.05, 4.69) is 11.3 Å². The van der Waals surface area contributed by atoms with Crippen LogP contribution in [0.15, 0.2) is 24.3 Å². The summed E-state index contributed by atoms with van der Waals surface area (Å²) >= 11 is 0. The molecule has 1 rings (SSSR count). The van der Waals surface area contributed by atoms with Crippen LogP contribution in [0.25, 0.3) is 0 Å². The molecule has 0 aromatic rings. The van der Waals surface area contributed by atoms with Crippen LogP contribution < -0.4 is 0 Å². The molecule has 1 aliphatic rings. The Hall–Kier alpha value is -1.54. The van der Waals surface area contributed by atoms with Gasteiger partial charge < -0.3 is 4.74 Å². The van der Waals surface area contributed by atoms with Crippen molar-refractivity contribution < 1.29 is 40.3 Å². The van der Waals surface area contributed by atoms with Gasteiger partial charge >= 0.3 is 29.6 Å². The molecule has 0 spiro atoms. The maximum absolute atomic E-state index is 13.7. The molecule has 0 radical (unpaired) electrons. The molecule has 0 heterocycles. The van der Waals surface area contributed by atoms with Crippen molar-refractivity contribution in [3.63, 3.8) is 0 Å². The summed E-state index contributed by atoms with van der Waals surface area (Å²) in [4.78, 5) is 10.9. The highest BCUT2D eigenvalue weighted by Crippen LogP contribution is 2.56. The number of carbonyl (C=O) groups excluding carboxylic acids is 1. The number of halogens is 7. The van der Waals surface area contributed by atoms with Crippen LogP contribution in [0.4, 0.5) is 30.7 Å². The van der Waals surface area contributed by atoms with E-state index in [4.69, 9.17) is 0 Å². The van der Waals surface area contributed by atoms with E-state index in [1.807, 2.05) is 0 Å². The van der Waals surface area contributed by atoms with Gasteiger partial charge in [-0.3, -0.25) is 0 Å². The molecule has 1 unspecified atom stereocenters. The summed E-state index contributed by atoms with van der Waals surface area (Å²) in [5, 5.41) is 0. The molecule has 9 heteroatoms. The van der Waals surface area contributed by atoms with E-state index in [0.29, 0.717) is 0 Å². The lowest BCUT2D eigenvalue weighted by Gasteiger charge is -2.40. The number of hydrogen-bond donors (Lipinski definition) is 0. The van der Waals surface area contributed by atoms with Gasteiger partial charge in [0.2, 0.25) is 0 Å². The summed E-state index contributed by atoms with van der Waals surface area (Å²) in [6.07, 6.45) is -1.37. The van der Waals surface area contributed by atoms with Gasteiger partial charge in [-0.2, -0.15) is 30.7 Å². The molecule has 19 heavy (non-hydrogen) atoms. The predicted molar refractivity (Wildman–Crippen MR) is 48.7 cm³/mol. The second kappa shape index (κ2) is 3.97. The molecule has 0 aliphatic heterocycles. The van der Waals surface area contributed by atoms with Crippen molar-refractivity contribution in [2.45, 2.75) is 30.5 Å². The van der Waals surface area contributed by atoms with Crippen LogP contribution in [0, 0.1) is 0 Å². The third-order valence-corrected chi connectivity index (χ3v) is 2.34. The minimum absolute atomic E-state index is 0.568. The Bertz CT molecular complexity index is 455. The Morgan fingerprint density at radius 2 is 1.47 bits per heavy atom. The van der Waals surface area contributed by atoms with Crippen molar-refractivity contribution in [3.05, 3.63) is 24.3 Å². The first kappa shape index (κ1) is 15.5. The highest BCUT2D eigenvalue weighted by molar-refractivity contribution is 5.87. The van der Waals surface area contributed by atoms with Crippen molar-refractivity contribution >= 4 is 5.97 Å².